The number of nitrogen functional groups attached to an aromatic ring is 1. The molecule has 0 spiro atoms. The summed E-state index contributed by atoms with van der Waals surface area (Å²) < 4.78 is 0. The average Bonchev–Trinajstić information content (AvgIpc) is 2.81. The minimum atomic E-state index is 0.567. The molecule has 1 unspecified atom stereocenters. The van der Waals surface area contributed by atoms with Crippen LogP contribution in [0, 0.1) is 6.92 Å². The van der Waals surface area contributed by atoms with Crippen molar-refractivity contribution in [3.8, 4) is 0 Å². The van der Waals surface area contributed by atoms with Gasteiger partial charge in [-0.2, -0.15) is 0 Å². The fraction of sp³-hybridized carbons (Fsp3) is 0.375. The molecule has 0 aliphatic carbocycles. The maximum atomic E-state index is 5.71. The number of anilines is 1. The van der Waals surface area contributed by atoms with E-state index in [1.165, 1.54) is 16.0 Å². The zero-order valence-electron chi connectivity index (χ0n) is 11.6. The Kier molecular flexibility index (Phi) is 5.00. The Morgan fingerprint density at radius 3 is 2.58 bits per heavy atom. The Morgan fingerprint density at radius 2 is 1.95 bits per heavy atom. The van der Waals surface area contributed by atoms with Crippen LogP contribution in [0.4, 0.5) is 5.69 Å². The van der Waals surface area contributed by atoms with E-state index in [9.17, 15) is 0 Å². The average molecular weight is 274 g/mol. The second kappa shape index (κ2) is 6.73. The molecule has 2 nitrogen and oxygen atoms in total. The van der Waals surface area contributed by atoms with Crippen LogP contribution >= 0.6 is 11.3 Å². The SMILES string of the molecule is Cc1ccsc1CNCCC(C)c1ccc(N)cc1. The van der Waals surface area contributed by atoms with Crippen molar-refractivity contribution < 1.29 is 0 Å². The van der Waals surface area contributed by atoms with Gasteiger partial charge in [0, 0.05) is 17.1 Å². The van der Waals surface area contributed by atoms with Crippen LogP contribution in [0.25, 0.3) is 0 Å². The van der Waals surface area contributed by atoms with Crippen LogP contribution in [0.5, 0.6) is 0 Å². The summed E-state index contributed by atoms with van der Waals surface area (Å²) in [5.41, 5.74) is 9.30. The van der Waals surface area contributed by atoms with Crippen LogP contribution in [0.2, 0.25) is 0 Å². The summed E-state index contributed by atoms with van der Waals surface area (Å²) in [4.78, 5) is 1.44. The molecule has 102 valence electrons. The van der Waals surface area contributed by atoms with Gasteiger partial charge in [-0.15, -0.1) is 11.3 Å². The molecule has 0 radical (unpaired) electrons. The van der Waals surface area contributed by atoms with Gasteiger partial charge in [-0.25, -0.2) is 0 Å². The van der Waals surface area contributed by atoms with Crippen molar-refractivity contribution in [2.24, 2.45) is 0 Å². The first-order chi connectivity index (χ1) is 9.16. The van der Waals surface area contributed by atoms with Crippen molar-refractivity contribution in [1.29, 1.82) is 0 Å². The lowest BCUT2D eigenvalue weighted by Crippen LogP contribution is -2.16. The molecule has 1 heterocycles. The van der Waals surface area contributed by atoms with Gasteiger partial charge in [-0.1, -0.05) is 19.1 Å². The lowest BCUT2D eigenvalue weighted by Gasteiger charge is -2.12. The maximum Gasteiger partial charge on any atom is 0.0314 e. The van der Waals surface area contributed by atoms with E-state index in [4.69, 9.17) is 5.73 Å². The number of nitrogens with one attached hydrogen (secondary N) is 1. The monoisotopic (exact) mass is 274 g/mol. The van der Waals surface area contributed by atoms with Crippen molar-refractivity contribution in [2.45, 2.75) is 32.7 Å². The van der Waals surface area contributed by atoms with E-state index in [1.54, 1.807) is 0 Å². The number of thiophene rings is 1. The third-order valence-corrected chi connectivity index (χ3v) is 4.54. The standard InChI is InChI=1S/C16H22N2S/c1-12(14-3-5-15(17)6-4-14)7-9-18-11-16-13(2)8-10-19-16/h3-6,8,10,12,18H,7,9,11,17H2,1-2H3. The topological polar surface area (TPSA) is 38.0 Å². The number of aryl methyl sites for hydroxylation is 1. The molecule has 0 bridgehead atoms. The molecule has 1 atom stereocenters. The molecule has 19 heavy (non-hydrogen) atoms. The summed E-state index contributed by atoms with van der Waals surface area (Å²) in [6.45, 7) is 6.47. The largest absolute Gasteiger partial charge is 0.399 e. The molecule has 0 saturated heterocycles. The normalized spacial score (nSPS) is 12.5. The van der Waals surface area contributed by atoms with Crippen molar-refractivity contribution >= 4 is 17.0 Å². The van der Waals surface area contributed by atoms with Gasteiger partial charge in [0.25, 0.3) is 0 Å². The molecule has 2 aromatic rings. The predicted octanol–water partition coefficient (Wildman–Crippen LogP) is 3.92. The van der Waals surface area contributed by atoms with Crippen molar-refractivity contribution in [2.75, 3.05) is 12.3 Å². The lowest BCUT2D eigenvalue weighted by molar-refractivity contribution is 0.596. The summed E-state index contributed by atoms with van der Waals surface area (Å²) in [7, 11) is 0. The Labute approximate surface area is 119 Å². The molecule has 0 aliphatic rings. The summed E-state index contributed by atoms with van der Waals surface area (Å²) in [6, 6.07) is 10.4. The molecular weight excluding hydrogens is 252 g/mol. The summed E-state index contributed by atoms with van der Waals surface area (Å²) >= 11 is 1.83. The minimum Gasteiger partial charge on any atom is -0.399 e. The Morgan fingerprint density at radius 1 is 1.21 bits per heavy atom. The van der Waals surface area contributed by atoms with Crippen LogP contribution in [0.3, 0.4) is 0 Å². The minimum absolute atomic E-state index is 0.567. The molecule has 1 aromatic heterocycles. The van der Waals surface area contributed by atoms with Crippen LogP contribution in [0.15, 0.2) is 35.7 Å². The molecule has 3 heteroatoms. The highest BCUT2D eigenvalue weighted by Gasteiger charge is 2.05. The van der Waals surface area contributed by atoms with Crippen LogP contribution in [0.1, 0.15) is 35.3 Å². The van der Waals surface area contributed by atoms with E-state index < -0.39 is 0 Å². The first kappa shape index (κ1) is 14.1. The lowest BCUT2D eigenvalue weighted by atomic mass is 9.97. The van der Waals surface area contributed by atoms with Crippen molar-refractivity contribution in [1.82, 2.24) is 5.32 Å². The second-order valence-corrected chi connectivity index (χ2v) is 6.06. The quantitative estimate of drug-likeness (QED) is 0.619. The number of hydrogen-bond donors (Lipinski definition) is 2. The maximum absolute atomic E-state index is 5.71. The number of hydrogen-bond acceptors (Lipinski definition) is 3. The molecular formula is C16H22N2S. The molecule has 0 fully saturated rings. The van der Waals surface area contributed by atoms with Crippen LogP contribution in [-0.2, 0) is 6.54 Å². The Hall–Kier alpha value is -1.32. The molecule has 0 saturated carbocycles. The summed E-state index contributed by atoms with van der Waals surface area (Å²) in [5, 5.41) is 5.68. The zero-order valence-corrected chi connectivity index (χ0v) is 12.5. The zero-order chi connectivity index (χ0) is 13.7. The number of rotatable bonds is 6. The fourth-order valence-corrected chi connectivity index (χ4v) is 2.97. The van der Waals surface area contributed by atoms with E-state index in [0.29, 0.717) is 5.92 Å². The molecule has 0 amide bonds. The first-order valence-electron chi connectivity index (χ1n) is 6.76. The summed E-state index contributed by atoms with van der Waals surface area (Å²) in [5.74, 6) is 0.567. The van der Waals surface area contributed by atoms with Crippen molar-refractivity contribution in [3.63, 3.8) is 0 Å². The van der Waals surface area contributed by atoms with Gasteiger partial charge < -0.3 is 11.1 Å². The third-order valence-electron chi connectivity index (χ3n) is 3.51. The van der Waals surface area contributed by atoms with Crippen LogP contribution < -0.4 is 11.1 Å². The van der Waals surface area contributed by atoms with E-state index in [1.807, 2.05) is 23.5 Å². The number of nitrogens with two attached hydrogens (primary N) is 1. The van der Waals surface area contributed by atoms with E-state index in [2.05, 4.69) is 42.7 Å². The third kappa shape index (κ3) is 4.08. The van der Waals surface area contributed by atoms with Gasteiger partial charge >= 0.3 is 0 Å². The highest BCUT2D eigenvalue weighted by atomic mass is 32.1. The first-order valence-corrected chi connectivity index (χ1v) is 7.64. The molecule has 2 rings (SSSR count). The fourth-order valence-electron chi connectivity index (χ4n) is 2.10. The predicted molar refractivity (Wildman–Crippen MR) is 84.6 cm³/mol. The Balaban J connectivity index is 1.73. The van der Waals surface area contributed by atoms with E-state index in [0.717, 1.165) is 25.2 Å². The number of benzene rings is 1. The van der Waals surface area contributed by atoms with Crippen molar-refractivity contribution in [3.05, 3.63) is 51.7 Å². The van der Waals surface area contributed by atoms with E-state index >= 15 is 0 Å². The highest BCUT2D eigenvalue weighted by Crippen LogP contribution is 2.20. The molecule has 0 aliphatic heterocycles. The van der Waals surface area contributed by atoms with Gasteiger partial charge in [0.05, 0.1) is 0 Å². The smallest absolute Gasteiger partial charge is 0.0314 e. The van der Waals surface area contributed by atoms with Gasteiger partial charge in [-0.05, 0) is 60.5 Å². The van der Waals surface area contributed by atoms with Gasteiger partial charge in [-0.3, -0.25) is 0 Å². The summed E-state index contributed by atoms with van der Waals surface area (Å²) in [6.07, 6.45) is 1.15. The van der Waals surface area contributed by atoms with Crippen LogP contribution in [-0.4, -0.2) is 6.54 Å². The molecule has 3 N–H and O–H groups in total. The highest BCUT2D eigenvalue weighted by molar-refractivity contribution is 7.10. The van der Waals surface area contributed by atoms with E-state index in [-0.39, 0.29) is 0 Å². The Bertz CT molecular complexity index is 502. The van der Waals surface area contributed by atoms with Gasteiger partial charge in [0.15, 0.2) is 0 Å². The van der Waals surface area contributed by atoms with Gasteiger partial charge in [0.2, 0.25) is 0 Å². The second-order valence-electron chi connectivity index (χ2n) is 5.06. The molecule has 1 aromatic carbocycles. The van der Waals surface area contributed by atoms with Gasteiger partial charge in [0.1, 0.15) is 0 Å².